The molecule has 2 heterocycles. The maximum atomic E-state index is 11.9. The highest BCUT2D eigenvalue weighted by Crippen LogP contribution is 2.32. The average molecular weight is 411 g/mol. The van der Waals surface area contributed by atoms with Crippen LogP contribution in [0.3, 0.4) is 0 Å². The van der Waals surface area contributed by atoms with E-state index >= 15 is 0 Å². The van der Waals surface area contributed by atoms with Crippen molar-refractivity contribution in [3.8, 4) is 5.75 Å². The van der Waals surface area contributed by atoms with E-state index in [1.165, 1.54) is 31.2 Å². The number of nitrogens with zero attached hydrogens (tertiary/aromatic N) is 2. The Bertz CT molecular complexity index is 865. The molecule has 0 radical (unpaired) electrons. The highest BCUT2D eigenvalue weighted by molar-refractivity contribution is 5.83. The topological polar surface area (TPSA) is 62.7 Å². The molecule has 1 saturated carbocycles. The Morgan fingerprint density at radius 1 is 1.23 bits per heavy atom. The summed E-state index contributed by atoms with van der Waals surface area (Å²) in [6, 6.07) is 8.07. The number of piperidine rings is 1. The van der Waals surface area contributed by atoms with Gasteiger partial charge in [-0.05, 0) is 86.9 Å². The van der Waals surface area contributed by atoms with Crippen LogP contribution in [0, 0.1) is 17.8 Å². The van der Waals surface area contributed by atoms with Crippen molar-refractivity contribution in [2.45, 2.75) is 51.4 Å². The zero-order valence-corrected chi connectivity index (χ0v) is 18.1. The maximum absolute atomic E-state index is 11.9. The summed E-state index contributed by atoms with van der Waals surface area (Å²) in [6.07, 6.45) is 11.2. The van der Waals surface area contributed by atoms with Crippen molar-refractivity contribution in [1.29, 1.82) is 0 Å². The number of fused-ring (bicyclic) bond motifs is 1. The van der Waals surface area contributed by atoms with Crippen molar-refractivity contribution in [3.05, 3.63) is 36.0 Å². The minimum absolute atomic E-state index is 0.227. The zero-order valence-electron chi connectivity index (χ0n) is 18.1. The van der Waals surface area contributed by atoms with Crippen LogP contribution < -0.4 is 4.74 Å². The Kier molecular flexibility index (Phi) is 6.88. The summed E-state index contributed by atoms with van der Waals surface area (Å²) in [5.41, 5.74) is 2.25. The van der Waals surface area contributed by atoms with E-state index in [1.54, 1.807) is 7.11 Å². The van der Waals surface area contributed by atoms with E-state index in [0.717, 1.165) is 67.9 Å². The van der Waals surface area contributed by atoms with Gasteiger partial charge in [-0.3, -0.25) is 9.78 Å². The SMILES string of the molecule is COc1ccc2nccc(CCC[C@@H]3CCN(CCC4CCC4)C[C@@H]3C(=O)O)c2c1. The van der Waals surface area contributed by atoms with E-state index < -0.39 is 5.97 Å². The van der Waals surface area contributed by atoms with Crippen molar-refractivity contribution in [1.82, 2.24) is 9.88 Å². The van der Waals surface area contributed by atoms with E-state index in [4.69, 9.17) is 4.74 Å². The van der Waals surface area contributed by atoms with Gasteiger partial charge in [-0.15, -0.1) is 0 Å². The molecule has 4 rings (SSSR count). The molecule has 1 aromatic heterocycles. The van der Waals surface area contributed by atoms with E-state index in [1.807, 2.05) is 18.3 Å². The van der Waals surface area contributed by atoms with Gasteiger partial charge in [0.25, 0.3) is 0 Å². The number of aliphatic carboxylic acids is 1. The second kappa shape index (κ2) is 9.78. The number of ether oxygens (including phenoxy) is 1. The van der Waals surface area contributed by atoms with Gasteiger partial charge in [-0.1, -0.05) is 19.3 Å². The van der Waals surface area contributed by atoms with Gasteiger partial charge in [-0.2, -0.15) is 0 Å². The van der Waals surface area contributed by atoms with Gasteiger partial charge in [0, 0.05) is 18.1 Å². The molecule has 0 unspecified atom stereocenters. The number of methoxy groups -OCH3 is 1. The Hall–Kier alpha value is -2.14. The molecule has 2 aliphatic rings. The number of hydrogen-bond acceptors (Lipinski definition) is 4. The molecule has 2 aromatic rings. The monoisotopic (exact) mass is 410 g/mol. The molecule has 2 fully saturated rings. The van der Waals surface area contributed by atoms with Crippen LogP contribution in [0.4, 0.5) is 0 Å². The fraction of sp³-hybridized carbons (Fsp3) is 0.600. The molecule has 0 spiro atoms. The predicted octanol–water partition coefficient (Wildman–Crippen LogP) is 4.78. The number of pyridine rings is 1. The summed E-state index contributed by atoms with van der Waals surface area (Å²) < 4.78 is 5.38. The molecule has 1 aliphatic heterocycles. The Labute approximate surface area is 179 Å². The number of carboxylic acids is 1. The van der Waals surface area contributed by atoms with E-state index in [2.05, 4.69) is 22.0 Å². The average Bonchev–Trinajstić information content (AvgIpc) is 2.73. The molecule has 1 aliphatic carbocycles. The highest BCUT2D eigenvalue weighted by atomic mass is 16.5. The van der Waals surface area contributed by atoms with Gasteiger partial charge in [0.05, 0.1) is 18.5 Å². The first-order valence-corrected chi connectivity index (χ1v) is 11.5. The smallest absolute Gasteiger partial charge is 0.308 e. The molecule has 1 saturated heterocycles. The van der Waals surface area contributed by atoms with Crippen LogP contribution in [-0.2, 0) is 11.2 Å². The van der Waals surface area contributed by atoms with E-state index in [-0.39, 0.29) is 11.8 Å². The van der Waals surface area contributed by atoms with Crippen molar-refractivity contribution in [3.63, 3.8) is 0 Å². The van der Waals surface area contributed by atoms with Gasteiger partial charge in [0.2, 0.25) is 0 Å². The van der Waals surface area contributed by atoms with Gasteiger partial charge in [0.15, 0.2) is 0 Å². The molecule has 5 heteroatoms. The maximum Gasteiger partial charge on any atom is 0.308 e. The van der Waals surface area contributed by atoms with Crippen LogP contribution in [0.1, 0.15) is 50.5 Å². The Morgan fingerprint density at radius 2 is 2.10 bits per heavy atom. The van der Waals surface area contributed by atoms with Crippen LogP contribution >= 0.6 is 0 Å². The van der Waals surface area contributed by atoms with Crippen molar-refractivity contribution in [2.75, 3.05) is 26.7 Å². The third-order valence-electron chi connectivity index (χ3n) is 7.30. The number of carbonyl (C=O) groups is 1. The summed E-state index contributed by atoms with van der Waals surface area (Å²) in [5, 5.41) is 11.0. The molecule has 0 amide bonds. The summed E-state index contributed by atoms with van der Waals surface area (Å²) in [6.45, 7) is 2.85. The van der Waals surface area contributed by atoms with Crippen LogP contribution in [0.15, 0.2) is 30.5 Å². The lowest BCUT2D eigenvalue weighted by atomic mass is 9.80. The minimum Gasteiger partial charge on any atom is -0.497 e. The third kappa shape index (κ3) is 4.94. The number of rotatable bonds is 9. The van der Waals surface area contributed by atoms with Crippen molar-refractivity contribution < 1.29 is 14.6 Å². The standard InChI is InChI=1S/C25H34N2O3/c1-30-21-8-9-24-22(16-21)19(10-13-26-24)6-3-7-20-12-15-27(17-23(20)25(28)29)14-11-18-4-2-5-18/h8-10,13,16,18,20,23H,2-7,11-12,14-15,17H2,1H3,(H,28,29)/t20-,23+/m1/s1. The van der Waals surface area contributed by atoms with Crippen molar-refractivity contribution in [2.24, 2.45) is 17.8 Å². The van der Waals surface area contributed by atoms with Gasteiger partial charge in [0.1, 0.15) is 5.75 Å². The number of aromatic nitrogens is 1. The molecule has 30 heavy (non-hydrogen) atoms. The largest absolute Gasteiger partial charge is 0.497 e. The Balaban J connectivity index is 1.33. The third-order valence-corrected chi connectivity index (χ3v) is 7.30. The quantitative estimate of drug-likeness (QED) is 0.645. The van der Waals surface area contributed by atoms with Crippen LogP contribution in [-0.4, -0.2) is 47.7 Å². The Morgan fingerprint density at radius 3 is 2.83 bits per heavy atom. The summed E-state index contributed by atoms with van der Waals surface area (Å²) in [5.74, 6) is 1.17. The van der Waals surface area contributed by atoms with Crippen molar-refractivity contribution >= 4 is 16.9 Å². The molecule has 5 nitrogen and oxygen atoms in total. The normalized spacial score (nSPS) is 22.7. The number of carboxylic acid groups (broad SMARTS) is 1. The first-order valence-electron chi connectivity index (χ1n) is 11.5. The number of likely N-dealkylation sites (tertiary alicyclic amines) is 1. The number of benzene rings is 1. The van der Waals surface area contributed by atoms with Gasteiger partial charge in [-0.25, -0.2) is 0 Å². The zero-order chi connectivity index (χ0) is 20.9. The summed E-state index contributed by atoms with van der Waals surface area (Å²) in [4.78, 5) is 18.8. The summed E-state index contributed by atoms with van der Waals surface area (Å²) >= 11 is 0. The fourth-order valence-corrected chi connectivity index (χ4v) is 5.12. The van der Waals surface area contributed by atoms with Crippen LogP contribution in [0.5, 0.6) is 5.75 Å². The van der Waals surface area contributed by atoms with Gasteiger partial charge < -0.3 is 14.7 Å². The lowest BCUT2D eigenvalue weighted by Crippen LogP contribution is -2.44. The van der Waals surface area contributed by atoms with E-state index in [9.17, 15) is 9.90 Å². The molecular weight excluding hydrogens is 376 g/mol. The second-order valence-corrected chi connectivity index (χ2v) is 9.13. The number of aryl methyl sites for hydroxylation is 1. The molecule has 162 valence electrons. The minimum atomic E-state index is -0.618. The van der Waals surface area contributed by atoms with Crippen LogP contribution in [0.25, 0.3) is 10.9 Å². The predicted molar refractivity (Wildman–Crippen MR) is 119 cm³/mol. The lowest BCUT2D eigenvalue weighted by molar-refractivity contribution is -0.146. The second-order valence-electron chi connectivity index (χ2n) is 9.13. The highest BCUT2D eigenvalue weighted by Gasteiger charge is 2.34. The van der Waals surface area contributed by atoms with E-state index in [0.29, 0.717) is 0 Å². The first-order chi connectivity index (χ1) is 14.6. The summed E-state index contributed by atoms with van der Waals surface area (Å²) in [7, 11) is 1.68. The molecule has 2 atom stereocenters. The molecule has 0 bridgehead atoms. The lowest BCUT2D eigenvalue weighted by Gasteiger charge is -2.38. The molecule has 1 aromatic carbocycles. The number of hydrogen-bond donors (Lipinski definition) is 1. The molecule has 1 N–H and O–H groups in total. The first kappa shape index (κ1) is 21.1. The van der Waals surface area contributed by atoms with Gasteiger partial charge >= 0.3 is 5.97 Å². The fourth-order valence-electron chi connectivity index (χ4n) is 5.12. The molecular formula is C25H34N2O3. The van der Waals surface area contributed by atoms with Crippen LogP contribution in [0.2, 0.25) is 0 Å².